The van der Waals surface area contributed by atoms with E-state index >= 15 is 0 Å². The lowest BCUT2D eigenvalue weighted by Gasteiger charge is -2.23. The van der Waals surface area contributed by atoms with Crippen molar-refractivity contribution in [1.29, 1.82) is 0 Å². The molecular formula is C14H21NOS. The summed E-state index contributed by atoms with van der Waals surface area (Å²) in [5.74, 6) is 1.14. The molecule has 0 saturated carbocycles. The summed E-state index contributed by atoms with van der Waals surface area (Å²) in [4.78, 5) is 1.40. The van der Waals surface area contributed by atoms with Gasteiger partial charge in [-0.1, -0.05) is 18.2 Å². The second kappa shape index (κ2) is 7.04. The van der Waals surface area contributed by atoms with Crippen LogP contribution in [-0.2, 0) is 4.74 Å². The van der Waals surface area contributed by atoms with Crippen molar-refractivity contribution >= 4 is 11.8 Å². The molecule has 2 nitrogen and oxygen atoms in total. The minimum atomic E-state index is 0.668. The number of rotatable bonds is 5. The third-order valence-corrected chi connectivity index (χ3v) is 4.28. The zero-order valence-corrected chi connectivity index (χ0v) is 11.3. The molecule has 0 radical (unpaired) electrons. The average molecular weight is 251 g/mol. The van der Waals surface area contributed by atoms with Crippen LogP contribution in [0.4, 0.5) is 0 Å². The molecule has 3 heteroatoms. The maximum Gasteiger partial charge on any atom is 0.0480 e. The van der Waals surface area contributed by atoms with E-state index in [4.69, 9.17) is 4.74 Å². The molecule has 0 aliphatic carbocycles. The number of ether oxygens (including phenoxy) is 1. The fraction of sp³-hybridized carbons (Fsp3) is 0.571. The number of hydrogen-bond donors (Lipinski definition) is 1. The van der Waals surface area contributed by atoms with E-state index in [1.165, 1.54) is 10.5 Å². The topological polar surface area (TPSA) is 21.3 Å². The Labute approximate surface area is 108 Å². The first-order chi connectivity index (χ1) is 8.36. The van der Waals surface area contributed by atoms with E-state index < -0.39 is 0 Å². The van der Waals surface area contributed by atoms with E-state index in [1.807, 2.05) is 11.8 Å². The minimum absolute atomic E-state index is 0.668. The molecule has 0 amide bonds. The maximum absolute atomic E-state index is 5.35. The molecule has 0 bridgehead atoms. The molecule has 0 atom stereocenters. The predicted octanol–water partition coefficient (Wildman–Crippen LogP) is 2.86. The van der Waals surface area contributed by atoms with E-state index in [1.54, 1.807) is 0 Å². The molecule has 0 spiro atoms. The van der Waals surface area contributed by atoms with Gasteiger partial charge in [-0.15, -0.1) is 11.8 Å². The molecule has 0 aromatic heterocycles. The molecule has 1 aromatic rings. The molecule has 2 rings (SSSR count). The van der Waals surface area contributed by atoms with Gasteiger partial charge in [0.05, 0.1) is 0 Å². The Morgan fingerprint density at radius 3 is 2.82 bits per heavy atom. The van der Waals surface area contributed by atoms with Gasteiger partial charge >= 0.3 is 0 Å². The second-order valence-corrected chi connectivity index (χ2v) is 5.59. The second-order valence-electron chi connectivity index (χ2n) is 4.45. The van der Waals surface area contributed by atoms with Gasteiger partial charge in [-0.2, -0.15) is 0 Å². The molecule has 17 heavy (non-hydrogen) atoms. The Morgan fingerprint density at radius 1 is 1.29 bits per heavy atom. The van der Waals surface area contributed by atoms with Crippen LogP contribution >= 0.6 is 11.8 Å². The first-order valence-electron chi connectivity index (χ1n) is 6.36. The highest BCUT2D eigenvalue weighted by Crippen LogP contribution is 2.21. The number of benzene rings is 1. The third kappa shape index (κ3) is 4.34. The van der Waals surface area contributed by atoms with Gasteiger partial charge < -0.3 is 10.1 Å². The molecule has 1 N–H and O–H groups in total. The normalized spacial score (nSPS) is 17.2. The monoisotopic (exact) mass is 251 g/mol. The predicted molar refractivity (Wildman–Crippen MR) is 73.7 cm³/mol. The largest absolute Gasteiger partial charge is 0.381 e. The molecule has 1 aliphatic rings. The van der Waals surface area contributed by atoms with Crippen molar-refractivity contribution < 1.29 is 4.74 Å². The smallest absolute Gasteiger partial charge is 0.0480 e. The van der Waals surface area contributed by atoms with Gasteiger partial charge in [-0.25, -0.2) is 0 Å². The van der Waals surface area contributed by atoms with Crippen LogP contribution in [0.5, 0.6) is 0 Å². The van der Waals surface area contributed by atoms with Crippen molar-refractivity contribution in [2.75, 3.05) is 25.5 Å². The number of aryl methyl sites for hydroxylation is 1. The lowest BCUT2D eigenvalue weighted by Crippen LogP contribution is -2.35. The summed E-state index contributed by atoms with van der Waals surface area (Å²) in [6.07, 6.45) is 2.32. The molecular weight excluding hydrogens is 230 g/mol. The zero-order chi connectivity index (χ0) is 11.9. The fourth-order valence-electron chi connectivity index (χ4n) is 2.04. The summed E-state index contributed by atoms with van der Waals surface area (Å²) in [6.45, 7) is 5.10. The van der Waals surface area contributed by atoms with Crippen molar-refractivity contribution in [3.8, 4) is 0 Å². The van der Waals surface area contributed by atoms with Crippen LogP contribution in [-0.4, -0.2) is 31.6 Å². The molecule has 1 saturated heterocycles. The molecule has 0 unspecified atom stereocenters. The molecule has 1 heterocycles. The Hall–Kier alpha value is -0.510. The highest BCUT2D eigenvalue weighted by Gasteiger charge is 2.12. The summed E-state index contributed by atoms with van der Waals surface area (Å²) >= 11 is 1.94. The Kier molecular flexibility index (Phi) is 5.36. The van der Waals surface area contributed by atoms with Crippen molar-refractivity contribution in [2.45, 2.75) is 30.7 Å². The molecule has 94 valence electrons. The van der Waals surface area contributed by atoms with E-state index in [2.05, 4.69) is 36.5 Å². The lowest BCUT2D eigenvalue weighted by molar-refractivity contribution is 0.0786. The number of nitrogens with one attached hydrogen (secondary N) is 1. The third-order valence-electron chi connectivity index (χ3n) is 3.11. The first-order valence-corrected chi connectivity index (χ1v) is 7.34. The lowest BCUT2D eigenvalue weighted by atomic mass is 10.1. The fourth-order valence-corrected chi connectivity index (χ4v) is 2.95. The Morgan fingerprint density at radius 2 is 2.06 bits per heavy atom. The van der Waals surface area contributed by atoms with Crippen LogP contribution in [0.3, 0.4) is 0 Å². The zero-order valence-electron chi connectivity index (χ0n) is 10.4. The maximum atomic E-state index is 5.35. The SMILES string of the molecule is Cc1ccccc1SCCNC1CCOCC1. The summed E-state index contributed by atoms with van der Waals surface area (Å²) < 4.78 is 5.35. The average Bonchev–Trinajstić information content (AvgIpc) is 2.38. The van der Waals surface area contributed by atoms with Gasteiger partial charge in [0.2, 0.25) is 0 Å². The molecule has 1 fully saturated rings. The van der Waals surface area contributed by atoms with Crippen LogP contribution < -0.4 is 5.32 Å². The van der Waals surface area contributed by atoms with Gasteiger partial charge in [-0.3, -0.25) is 0 Å². The van der Waals surface area contributed by atoms with Gasteiger partial charge in [0.1, 0.15) is 0 Å². The van der Waals surface area contributed by atoms with Crippen molar-refractivity contribution in [1.82, 2.24) is 5.32 Å². The van der Waals surface area contributed by atoms with Crippen LogP contribution in [0.2, 0.25) is 0 Å². The quantitative estimate of drug-likeness (QED) is 0.642. The van der Waals surface area contributed by atoms with E-state index in [0.717, 1.165) is 38.4 Å². The van der Waals surface area contributed by atoms with Crippen LogP contribution in [0, 0.1) is 6.92 Å². The first kappa shape index (κ1) is 12.9. The van der Waals surface area contributed by atoms with E-state index in [9.17, 15) is 0 Å². The van der Waals surface area contributed by atoms with Crippen molar-refractivity contribution in [3.63, 3.8) is 0 Å². The molecule has 1 aliphatic heterocycles. The minimum Gasteiger partial charge on any atom is -0.381 e. The number of hydrogen-bond acceptors (Lipinski definition) is 3. The van der Waals surface area contributed by atoms with Crippen LogP contribution in [0.15, 0.2) is 29.2 Å². The van der Waals surface area contributed by atoms with E-state index in [-0.39, 0.29) is 0 Å². The van der Waals surface area contributed by atoms with E-state index in [0.29, 0.717) is 6.04 Å². The standard InChI is InChI=1S/C14H21NOS/c1-12-4-2-3-5-14(12)17-11-8-15-13-6-9-16-10-7-13/h2-5,13,15H,6-11H2,1H3. The van der Waals surface area contributed by atoms with Gasteiger partial charge in [0, 0.05) is 36.4 Å². The van der Waals surface area contributed by atoms with Gasteiger partial charge in [0.15, 0.2) is 0 Å². The Bertz CT molecular complexity index is 337. The molecule has 1 aromatic carbocycles. The summed E-state index contributed by atoms with van der Waals surface area (Å²) in [7, 11) is 0. The summed E-state index contributed by atoms with van der Waals surface area (Å²) in [6, 6.07) is 9.25. The van der Waals surface area contributed by atoms with Crippen molar-refractivity contribution in [3.05, 3.63) is 29.8 Å². The van der Waals surface area contributed by atoms with Crippen molar-refractivity contribution in [2.24, 2.45) is 0 Å². The van der Waals surface area contributed by atoms with Crippen LogP contribution in [0.25, 0.3) is 0 Å². The van der Waals surface area contributed by atoms with Gasteiger partial charge in [-0.05, 0) is 31.4 Å². The highest BCUT2D eigenvalue weighted by molar-refractivity contribution is 7.99. The highest BCUT2D eigenvalue weighted by atomic mass is 32.2. The summed E-state index contributed by atoms with van der Waals surface area (Å²) in [5, 5.41) is 3.61. The summed E-state index contributed by atoms with van der Waals surface area (Å²) in [5.41, 5.74) is 1.38. The number of thioether (sulfide) groups is 1. The Balaban J connectivity index is 1.64. The van der Waals surface area contributed by atoms with Crippen LogP contribution in [0.1, 0.15) is 18.4 Å². The van der Waals surface area contributed by atoms with Gasteiger partial charge in [0.25, 0.3) is 0 Å².